The van der Waals surface area contributed by atoms with Crippen molar-refractivity contribution in [2.24, 2.45) is 21.2 Å². The second-order valence-corrected chi connectivity index (χ2v) is 8.02. The number of likely N-dealkylation sites (tertiary alicyclic amines) is 1. The van der Waals surface area contributed by atoms with Gasteiger partial charge in [0.1, 0.15) is 17.3 Å². The van der Waals surface area contributed by atoms with Crippen LogP contribution in [0.15, 0.2) is 70.1 Å². The fourth-order valence-electron chi connectivity index (χ4n) is 3.69. The zero-order valence-electron chi connectivity index (χ0n) is 17.4. The normalized spacial score (nSPS) is 15.0. The number of rotatable bonds is 5. The number of halogens is 2. The molecule has 1 aromatic heterocycles. The summed E-state index contributed by atoms with van der Waals surface area (Å²) in [5, 5.41) is 7.50. The Morgan fingerprint density at radius 2 is 1.81 bits per heavy atom. The number of aliphatic imine (C=N–C) groups is 1. The summed E-state index contributed by atoms with van der Waals surface area (Å²) >= 11 is 5.97. The molecule has 0 radical (unpaired) electrons. The zero-order chi connectivity index (χ0) is 22.5. The number of amidine groups is 1. The molecule has 32 heavy (non-hydrogen) atoms. The zero-order valence-corrected chi connectivity index (χ0v) is 18.1. The van der Waals surface area contributed by atoms with Crippen LogP contribution in [0.25, 0.3) is 11.1 Å². The van der Waals surface area contributed by atoms with Gasteiger partial charge in [-0.1, -0.05) is 41.1 Å². The quantitative estimate of drug-likeness (QED) is 0.184. The highest BCUT2D eigenvalue weighted by atomic mass is 35.5. The maximum absolute atomic E-state index is 14.2. The Morgan fingerprint density at radius 1 is 1.06 bits per heavy atom. The van der Waals surface area contributed by atoms with Crippen molar-refractivity contribution in [3.05, 3.63) is 76.7 Å². The molecule has 1 aliphatic rings. The molecular weight excluding hydrogens is 429 g/mol. The summed E-state index contributed by atoms with van der Waals surface area (Å²) < 4.78 is 14.2. The van der Waals surface area contributed by atoms with Crippen LogP contribution >= 0.6 is 11.6 Å². The topological polar surface area (TPSA) is 105 Å². The van der Waals surface area contributed by atoms with Crippen LogP contribution in [0.1, 0.15) is 24.0 Å². The largest absolute Gasteiger partial charge is 0.383 e. The molecule has 0 bridgehead atoms. The number of nitrogens with zero attached hydrogens (tertiary/aromatic N) is 5. The Hall–Kier alpha value is -3.36. The third kappa shape index (κ3) is 5.09. The van der Waals surface area contributed by atoms with Gasteiger partial charge >= 0.3 is 0 Å². The number of pyridine rings is 1. The molecule has 0 spiro atoms. The van der Waals surface area contributed by atoms with Crippen LogP contribution in [-0.2, 0) is 6.54 Å². The molecule has 0 atom stereocenters. The molecule has 3 aromatic rings. The minimum atomic E-state index is -0.560. The fraction of sp³-hybridized carbons (Fsp3) is 0.217. The number of hydrogen-bond acceptors (Lipinski definition) is 5. The molecule has 164 valence electrons. The lowest BCUT2D eigenvalue weighted by Crippen LogP contribution is -2.18. The molecule has 9 heteroatoms. The van der Waals surface area contributed by atoms with E-state index in [0.717, 1.165) is 30.8 Å². The Bertz CT molecular complexity index is 1160. The molecule has 7 nitrogen and oxygen atoms in total. The first-order valence-corrected chi connectivity index (χ1v) is 10.6. The molecular formula is C23H23ClFN7. The molecule has 1 saturated heterocycles. The molecule has 2 heterocycles. The van der Waals surface area contributed by atoms with Crippen molar-refractivity contribution < 1.29 is 4.39 Å². The lowest BCUT2D eigenvalue weighted by molar-refractivity contribution is 0.331. The predicted octanol–water partition coefficient (Wildman–Crippen LogP) is 5.12. The van der Waals surface area contributed by atoms with Crippen LogP contribution in [0.4, 0.5) is 15.9 Å². The number of aromatic nitrogens is 1. The summed E-state index contributed by atoms with van der Waals surface area (Å²) in [6.07, 6.45) is 4.20. The van der Waals surface area contributed by atoms with Crippen molar-refractivity contribution in [2.75, 3.05) is 18.8 Å². The van der Waals surface area contributed by atoms with E-state index in [1.807, 2.05) is 12.1 Å². The van der Waals surface area contributed by atoms with Gasteiger partial charge in [0.2, 0.25) is 0 Å². The standard InChI is InChI=1S/C23H23ClFN7/c24-18-7-8-20(25)21(12-18)29-23(30-31-27)19-11-17(13-28-22(19)26)16-5-3-15(4-6-16)14-32-9-1-2-10-32/h3-8,11-13H,1-2,9-10,14H2,(H2,26,28)(H2,27,29,30). The molecule has 4 N–H and O–H groups in total. The molecule has 0 saturated carbocycles. The molecule has 1 fully saturated rings. The fourth-order valence-corrected chi connectivity index (χ4v) is 3.86. The number of benzene rings is 2. The SMILES string of the molecule is NN=NC(=Nc1cc(Cl)ccc1F)c1cc(-c2ccc(CN3CCCC3)cc2)cnc1N. The van der Waals surface area contributed by atoms with Crippen LogP contribution in [-0.4, -0.2) is 28.8 Å². The van der Waals surface area contributed by atoms with Crippen LogP contribution in [0, 0.1) is 5.82 Å². The minimum absolute atomic E-state index is 0.00373. The Kier molecular flexibility index (Phi) is 6.72. The highest BCUT2D eigenvalue weighted by molar-refractivity contribution is 6.30. The maximum Gasteiger partial charge on any atom is 0.187 e. The van der Waals surface area contributed by atoms with Gasteiger partial charge in [0.25, 0.3) is 0 Å². The third-order valence-corrected chi connectivity index (χ3v) is 5.57. The maximum atomic E-state index is 14.2. The first-order valence-electron chi connectivity index (χ1n) is 10.3. The lowest BCUT2D eigenvalue weighted by atomic mass is 10.0. The van der Waals surface area contributed by atoms with Gasteiger partial charge in [-0.2, -0.15) is 0 Å². The molecule has 0 unspecified atom stereocenters. The molecule has 0 amide bonds. The highest BCUT2D eigenvalue weighted by Crippen LogP contribution is 2.27. The smallest absolute Gasteiger partial charge is 0.187 e. The minimum Gasteiger partial charge on any atom is -0.383 e. The Balaban J connectivity index is 1.66. The summed E-state index contributed by atoms with van der Waals surface area (Å²) in [5.74, 6) is 4.91. The van der Waals surface area contributed by atoms with Crippen LogP contribution in [0.5, 0.6) is 0 Å². The number of anilines is 1. The third-order valence-electron chi connectivity index (χ3n) is 5.34. The van der Waals surface area contributed by atoms with Gasteiger partial charge < -0.3 is 11.6 Å². The van der Waals surface area contributed by atoms with Gasteiger partial charge in [0.05, 0.1) is 5.56 Å². The van der Waals surface area contributed by atoms with E-state index in [-0.39, 0.29) is 17.3 Å². The van der Waals surface area contributed by atoms with Crippen molar-refractivity contribution in [2.45, 2.75) is 19.4 Å². The second-order valence-electron chi connectivity index (χ2n) is 7.58. The van der Waals surface area contributed by atoms with Crippen LogP contribution in [0.2, 0.25) is 5.02 Å². The van der Waals surface area contributed by atoms with Gasteiger partial charge in [-0.15, -0.1) is 5.11 Å². The van der Waals surface area contributed by atoms with Crippen molar-refractivity contribution in [1.29, 1.82) is 0 Å². The molecule has 0 aliphatic carbocycles. The van der Waals surface area contributed by atoms with Crippen molar-refractivity contribution in [1.82, 2.24) is 9.88 Å². The van der Waals surface area contributed by atoms with Gasteiger partial charge in [0, 0.05) is 23.3 Å². The summed E-state index contributed by atoms with van der Waals surface area (Å²) in [6.45, 7) is 3.25. The lowest BCUT2D eigenvalue weighted by Gasteiger charge is -2.15. The summed E-state index contributed by atoms with van der Waals surface area (Å²) in [6, 6.07) is 14.1. The highest BCUT2D eigenvalue weighted by Gasteiger charge is 2.14. The summed E-state index contributed by atoms with van der Waals surface area (Å²) in [7, 11) is 0. The van der Waals surface area contributed by atoms with Gasteiger partial charge in [-0.3, -0.25) is 4.90 Å². The first kappa shape index (κ1) is 21.9. The van der Waals surface area contributed by atoms with Gasteiger partial charge in [-0.25, -0.2) is 14.4 Å². The Morgan fingerprint density at radius 3 is 2.53 bits per heavy atom. The van der Waals surface area contributed by atoms with Crippen molar-refractivity contribution in [3.63, 3.8) is 0 Å². The average Bonchev–Trinajstić information content (AvgIpc) is 3.30. The molecule has 1 aliphatic heterocycles. The van der Waals surface area contributed by atoms with Crippen LogP contribution < -0.4 is 11.6 Å². The monoisotopic (exact) mass is 451 g/mol. The van der Waals surface area contributed by atoms with E-state index in [9.17, 15) is 4.39 Å². The number of nitrogen functional groups attached to an aromatic ring is 1. The van der Waals surface area contributed by atoms with Crippen molar-refractivity contribution >= 4 is 28.9 Å². The number of hydrogen-bond donors (Lipinski definition) is 2. The van der Waals surface area contributed by atoms with E-state index in [2.05, 4.69) is 37.3 Å². The predicted molar refractivity (Wildman–Crippen MR) is 125 cm³/mol. The van der Waals surface area contributed by atoms with E-state index >= 15 is 0 Å². The first-order chi connectivity index (χ1) is 15.5. The molecule has 2 aromatic carbocycles. The average molecular weight is 452 g/mol. The second kappa shape index (κ2) is 9.84. The Labute approximate surface area is 190 Å². The van der Waals surface area contributed by atoms with Gasteiger partial charge in [0.15, 0.2) is 5.84 Å². The van der Waals surface area contributed by atoms with Crippen LogP contribution in [0.3, 0.4) is 0 Å². The van der Waals surface area contributed by atoms with E-state index < -0.39 is 5.82 Å². The van der Waals surface area contributed by atoms with Gasteiger partial charge in [-0.05, 0) is 61.3 Å². The summed E-state index contributed by atoms with van der Waals surface area (Å²) in [5.41, 5.74) is 9.49. The van der Waals surface area contributed by atoms with E-state index in [1.165, 1.54) is 36.6 Å². The van der Waals surface area contributed by atoms with E-state index in [1.54, 1.807) is 12.3 Å². The molecule has 4 rings (SSSR count). The number of nitrogens with two attached hydrogens (primary N) is 2. The van der Waals surface area contributed by atoms with E-state index in [4.69, 9.17) is 23.2 Å². The van der Waals surface area contributed by atoms with E-state index in [0.29, 0.717) is 10.6 Å². The van der Waals surface area contributed by atoms with Crippen molar-refractivity contribution in [3.8, 4) is 11.1 Å². The summed E-state index contributed by atoms with van der Waals surface area (Å²) in [4.78, 5) is 11.0.